The van der Waals surface area contributed by atoms with Crippen molar-refractivity contribution in [1.82, 2.24) is 0 Å². The first-order valence-corrected chi connectivity index (χ1v) is 7.13. The summed E-state index contributed by atoms with van der Waals surface area (Å²) in [5, 5.41) is 14.7. The number of hydrogen-bond donors (Lipinski definition) is 2. The molecule has 0 radical (unpaired) electrons. The normalized spacial score (nSPS) is 13.0. The Hall–Kier alpha value is -3.20. The average molecular weight is 309 g/mol. The van der Waals surface area contributed by atoms with E-state index in [1.165, 1.54) is 0 Å². The molecular formula is C17H15N3O3. The van der Waals surface area contributed by atoms with Gasteiger partial charge < -0.3 is 20.1 Å². The Morgan fingerprint density at radius 1 is 1.13 bits per heavy atom. The Morgan fingerprint density at radius 2 is 1.83 bits per heavy atom. The highest BCUT2D eigenvalue weighted by Gasteiger charge is 2.16. The molecule has 1 heterocycles. The van der Waals surface area contributed by atoms with Gasteiger partial charge in [0.05, 0.1) is 11.6 Å². The molecule has 0 unspecified atom stereocenters. The van der Waals surface area contributed by atoms with Crippen LogP contribution in [0.3, 0.4) is 0 Å². The van der Waals surface area contributed by atoms with E-state index in [-0.39, 0.29) is 12.7 Å². The van der Waals surface area contributed by atoms with E-state index in [0.29, 0.717) is 22.7 Å². The van der Waals surface area contributed by atoms with Gasteiger partial charge in [0.1, 0.15) is 6.04 Å². The van der Waals surface area contributed by atoms with E-state index in [1.54, 1.807) is 43.3 Å². The van der Waals surface area contributed by atoms with Gasteiger partial charge in [-0.25, -0.2) is 0 Å². The molecule has 2 aromatic rings. The molecule has 0 bridgehead atoms. The molecule has 0 spiro atoms. The molecule has 116 valence electrons. The molecule has 2 N–H and O–H groups in total. The molecule has 0 aromatic heterocycles. The third kappa shape index (κ3) is 3.35. The molecule has 0 saturated heterocycles. The predicted molar refractivity (Wildman–Crippen MR) is 85.4 cm³/mol. The number of anilines is 2. The van der Waals surface area contributed by atoms with E-state index >= 15 is 0 Å². The first-order valence-electron chi connectivity index (χ1n) is 7.13. The molecule has 3 rings (SSSR count). The lowest BCUT2D eigenvalue weighted by Crippen LogP contribution is -2.31. The number of nitrogens with one attached hydrogen (secondary N) is 2. The van der Waals surface area contributed by atoms with Gasteiger partial charge in [0.15, 0.2) is 11.5 Å². The molecule has 1 atom stereocenters. The van der Waals surface area contributed by atoms with Gasteiger partial charge in [0.25, 0.3) is 0 Å². The quantitative estimate of drug-likeness (QED) is 0.907. The molecule has 6 nitrogen and oxygen atoms in total. The predicted octanol–water partition coefficient (Wildman–Crippen LogP) is 2.73. The smallest absolute Gasteiger partial charge is 0.246 e. The van der Waals surface area contributed by atoms with Crippen LogP contribution in [-0.2, 0) is 4.79 Å². The Kier molecular flexibility index (Phi) is 4.02. The van der Waals surface area contributed by atoms with Gasteiger partial charge in [-0.05, 0) is 43.3 Å². The second-order valence-electron chi connectivity index (χ2n) is 5.11. The van der Waals surface area contributed by atoms with Gasteiger partial charge >= 0.3 is 0 Å². The first-order chi connectivity index (χ1) is 11.2. The standard InChI is InChI=1S/C17H15N3O3/c1-11(17(21)20-13-4-2-12(9-18)3-5-13)19-14-6-7-15-16(8-14)23-10-22-15/h2-8,11,19H,10H2,1H3,(H,20,21)/t11-/m0/s1. The molecule has 0 aliphatic carbocycles. The van der Waals surface area contributed by atoms with E-state index < -0.39 is 6.04 Å². The molecule has 23 heavy (non-hydrogen) atoms. The van der Waals surface area contributed by atoms with Gasteiger partial charge in [-0.3, -0.25) is 4.79 Å². The maximum absolute atomic E-state index is 12.2. The fourth-order valence-corrected chi connectivity index (χ4v) is 2.18. The largest absolute Gasteiger partial charge is 0.454 e. The van der Waals surface area contributed by atoms with Crippen LogP contribution < -0.4 is 20.1 Å². The average Bonchev–Trinajstić information content (AvgIpc) is 3.03. The number of nitrogens with zero attached hydrogens (tertiary/aromatic N) is 1. The lowest BCUT2D eigenvalue weighted by molar-refractivity contribution is -0.116. The van der Waals surface area contributed by atoms with Crippen LogP contribution in [0.1, 0.15) is 12.5 Å². The Labute approximate surface area is 133 Å². The summed E-state index contributed by atoms with van der Waals surface area (Å²) in [6.07, 6.45) is 0. The van der Waals surface area contributed by atoms with Crippen LogP contribution >= 0.6 is 0 Å². The van der Waals surface area contributed by atoms with Crippen molar-refractivity contribution in [2.45, 2.75) is 13.0 Å². The van der Waals surface area contributed by atoms with E-state index in [2.05, 4.69) is 10.6 Å². The summed E-state index contributed by atoms with van der Waals surface area (Å²) < 4.78 is 10.6. The highest BCUT2D eigenvalue weighted by molar-refractivity contribution is 5.96. The highest BCUT2D eigenvalue weighted by Crippen LogP contribution is 2.34. The Balaban J connectivity index is 1.62. The SMILES string of the molecule is C[C@H](Nc1ccc2c(c1)OCO2)C(=O)Nc1ccc(C#N)cc1. The van der Waals surface area contributed by atoms with E-state index in [4.69, 9.17) is 14.7 Å². The van der Waals surface area contributed by atoms with Crippen molar-refractivity contribution in [2.75, 3.05) is 17.4 Å². The Bertz CT molecular complexity index is 766. The van der Waals surface area contributed by atoms with Crippen molar-refractivity contribution >= 4 is 17.3 Å². The lowest BCUT2D eigenvalue weighted by atomic mass is 10.2. The minimum atomic E-state index is -0.439. The van der Waals surface area contributed by atoms with Crippen molar-refractivity contribution < 1.29 is 14.3 Å². The summed E-state index contributed by atoms with van der Waals surface area (Å²) in [6, 6.07) is 13.7. The van der Waals surface area contributed by atoms with E-state index in [0.717, 1.165) is 5.69 Å². The minimum absolute atomic E-state index is 0.174. The number of nitriles is 1. The Morgan fingerprint density at radius 3 is 2.57 bits per heavy atom. The zero-order valence-electron chi connectivity index (χ0n) is 12.5. The van der Waals surface area contributed by atoms with Crippen LogP contribution in [0, 0.1) is 11.3 Å². The van der Waals surface area contributed by atoms with Gasteiger partial charge in [-0.15, -0.1) is 0 Å². The molecule has 6 heteroatoms. The number of ether oxygens (including phenoxy) is 2. The summed E-state index contributed by atoms with van der Waals surface area (Å²) in [4.78, 5) is 12.2. The fraction of sp³-hybridized carbons (Fsp3) is 0.176. The molecule has 0 saturated carbocycles. The van der Waals surface area contributed by atoms with Crippen LogP contribution in [0.2, 0.25) is 0 Å². The summed E-state index contributed by atoms with van der Waals surface area (Å²) >= 11 is 0. The zero-order valence-corrected chi connectivity index (χ0v) is 12.5. The topological polar surface area (TPSA) is 83.4 Å². The summed E-state index contributed by atoms with van der Waals surface area (Å²) in [6.45, 7) is 1.98. The second-order valence-corrected chi connectivity index (χ2v) is 5.11. The van der Waals surface area contributed by atoms with Crippen molar-refractivity contribution in [3.05, 3.63) is 48.0 Å². The first kappa shape index (κ1) is 14.7. The van der Waals surface area contributed by atoms with Crippen LogP contribution in [0.15, 0.2) is 42.5 Å². The van der Waals surface area contributed by atoms with Crippen molar-refractivity contribution in [3.8, 4) is 17.6 Å². The van der Waals surface area contributed by atoms with Gasteiger partial charge in [-0.2, -0.15) is 5.26 Å². The summed E-state index contributed by atoms with van der Waals surface area (Å²) in [5.74, 6) is 1.19. The van der Waals surface area contributed by atoms with E-state index in [9.17, 15) is 4.79 Å². The van der Waals surface area contributed by atoms with Crippen molar-refractivity contribution in [2.24, 2.45) is 0 Å². The maximum atomic E-state index is 12.2. The number of carbonyl (C=O) groups is 1. The number of carbonyl (C=O) groups excluding carboxylic acids is 1. The number of fused-ring (bicyclic) bond motifs is 1. The zero-order chi connectivity index (χ0) is 16.2. The third-order valence-corrected chi connectivity index (χ3v) is 3.43. The van der Waals surface area contributed by atoms with Crippen molar-refractivity contribution in [1.29, 1.82) is 5.26 Å². The van der Waals surface area contributed by atoms with Crippen LogP contribution in [0.25, 0.3) is 0 Å². The number of hydrogen-bond acceptors (Lipinski definition) is 5. The highest BCUT2D eigenvalue weighted by atomic mass is 16.7. The van der Waals surface area contributed by atoms with Gasteiger partial charge in [0.2, 0.25) is 12.7 Å². The molecule has 0 fully saturated rings. The number of benzene rings is 2. The minimum Gasteiger partial charge on any atom is -0.454 e. The van der Waals surface area contributed by atoms with E-state index in [1.807, 2.05) is 12.1 Å². The van der Waals surface area contributed by atoms with Crippen LogP contribution in [-0.4, -0.2) is 18.7 Å². The summed E-state index contributed by atoms with van der Waals surface area (Å²) in [7, 11) is 0. The molecule has 1 aliphatic heterocycles. The summed E-state index contributed by atoms with van der Waals surface area (Å²) in [5.41, 5.74) is 1.97. The van der Waals surface area contributed by atoms with Crippen LogP contribution in [0.4, 0.5) is 11.4 Å². The van der Waals surface area contributed by atoms with Gasteiger partial charge in [-0.1, -0.05) is 0 Å². The maximum Gasteiger partial charge on any atom is 0.246 e. The molecular weight excluding hydrogens is 294 g/mol. The molecule has 2 aromatic carbocycles. The van der Waals surface area contributed by atoms with Gasteiger partial charge in [0, 0.05) is 17.4 Å². The van der Waals surface area contributed by atoms with Crippen LogP contribution in [0.5, 0.6) is 11.5 Å². The van der Waals surface area contributed by atoms with Crippen molar-refractivity contribution in [3.63, 3.8) is 0 Å². The fourth-order valence-electron chi connectivity index (χ4n) is 2.18. The number of amides is 1. The molecule has 1 aliphatic rings. The monoisotopic (exact) mass is 309 g/mol. The molecule has 1 amide bonds. The second kappa shape index (κ2) is 6.28. The number of rotatable bonds is 4. The lowest BCUT2D eigenvalue weighted by Gasteiger charge is -2.15. The third-order valence-electron chi connectivity index (χ3n) is 3.43.